The zero-order valence-electron chi connectivity index (χ0n) is 16.8. The van der Waals surface area contributed by atoms with Gasteiger partial charge in [0.1, 0.15) is 5.00 Å². The molecule has 6 nitrogen and oxygen atoms in total. The van der Waals surface area contributed by atoms with E-state index in [9.17, 15) is 4.79 Å². The molecule has 1 atom stereocenters. The number of anilines is 1. The number of thiophene rings is 1. The molecular formula is C23H25N3O3S. The second-order valence-corrected chi connectivity index (χ2v) is 8.82. The van der Waals surface area contributed by atoms with Gasteiger partial charge < -0.3 is 14.5 Å². The van der Waals surface area contributed by atoms with Crippen molar-refractivity contribution in [1.82, 2.24) is 9.88 Å². The Kier molecular flexibility index (Phi) is 5.66. The molecule has 4 heterocycles. The smallest absolute Gasteiger partial charge is 0.291 e. The van der Waals surface area contributed by atoms with Crippen molar-refractivity contribution in [2.75, 3.05) is 31.6 Å². The van der Waals surface area contributed by atoms with Gasteiger partial charge in [-0.25, -0.2) is 0 Å². The Labute approximate surface area is 179 Å². The molecule has 0 bridgehead atoms. The molecule has 0 spiro atoms. The first-order valence-electron chi connectivity index (χ1n) is 10.5. The van der Waals surface area contributed by atoms with Crippen LogP contribution in [0.3, 0.4) is 0 Å². The monoisotopic (exact) mass is 423 g/mol. The Bertz CT molecular complexity index is 994. The van der Waals surface area contributed by atoms with Crippen molar-refractivity contribution in [3.05, 3.63) is 70.3 Å². The van der Waals surface area contributed by atoms with Gasteiger partial charge in [0.15, 0.2) is 5.76 Å². The van der Waals surface area contributed by atoms with Crippen LogP contribution in [0, 0.1) is 0 Å². The van der Waals surface area contributed by atoms with Gasteiger partial charge in [-0.15, -0.1) is 11.3 Å². The highest BCUT2D eigenvalue weighted by Crippen LogP contribution is 2.45. The number of rotatable bonds is 5. The number of pyridine rings is 1. The lowest BCUT2D eigenvalue weighted by atomic mass is 9.89. The fourth-order valence-electron chi connectivity index (χ4n) is 4.49. The third-order valence-corrected chi connectivity index (χ3v) is 7.11. The first kappa shape index (κ1) is 19.5. The summed E-state index contributed by atoms with van der Waals surface area (Å²) in [6, 6.07) is 7.69. The van der Waals surface area contributed by atoms with E-state index in [1.165, 1.54) is 40.7 Å². The molecule has 5 rings (SSSR count). The predicted molar refractivity (Wildman–Crippen MR) is 116 cm³/mol. The largest absolute Gasteiger partial charge is 0.459 e. The number of fused-ring (bicyclic) bond motifs is 1. The number of hydrogen-bond acceptors (Lipinski definition) is 6. The van der Waals surface area contributed by atoms with Gasteiger partial charge in [0, 0.05) is 35.9 Å². The first-order chi connectivity index (χ1) is 14.8. The van der Waals surface area contributed by atoms with E-state index in [0.29, 0.717) is 5.76 Å². The van der Waals surface area contributed by atoms with Crippen molar-refractivity contribution in [2.24, 2.45) is 0 Å². The molecule has 3 aromatic heterocycles. The van der Waals surface area contributed by atoms with E-state index in [1.54, 1.807) is 23.5 Å². The molecule has 1 amide bonds. The lowest BCUT2D eigenvalue weighted by molar-refractivity contribution is 0.0239. The van der Waals surface area contributed by atoms with Crippen LogP contribution in [0.2, 0.25) is 0 Å². The van der Waals surface area contributed by atoms with Gasteiger partial charge in [-0.2, -0.15) is 0 Å². The maximum atomic E-state index is 12.8. The van der Waals surface area contributed by atoms with E-state index in [4.69, 9.17) is 9.15 Å². The second kappa shape index (κ2) is 8.71. The molecule has 1 N–H and O–H groups in total. The molecule has 1 aliphatic heterocycles. The molecule has 2 aliphatic rings. The number of amides is 1. The number of furan rings is 1. The Balaban J connectivity index is 1.60. The first-order valence-corrected chi connectivity index (χ1v) is 11.3. The van der Waals surface area contributed by atoms with E-state index in [-0.39, 0.29) is 11.9 Å². The molecule has 30 heavy (non-hydrogen) atoms. The average molecular weight is 424 g/mol. The number of aromatic nitrogens is 1. The molecule has 1 saturated heterocycles. The van der Waals surface area contributed by atoms with Crippen LogP contribution >= 0.6 is 11.3 Å². The third kappa shape index (κ3) is 3.80. The maximum Gasteiger partial charge on any atom is 0.291 e. The molecular weight excluding hydrogens is 398 g/mol. The summed E-state index contributed by atoms with van der Waals surface area (Å²) < 4.78 is 11.0. The Morgan fingerprint density at radius 2 is 1.93 bits per heavy atom. The molecule has 3 aromatic rings. The summed E-state index contributed by atoms with van der Waals surface area (Å²) in [4.78, 5) is 20.9. The van der Waals surface area contributed by atoms with Crippen LogP contribution in [-0.2, 0) is 17.6 Å². The van der Waals surface area contributed by atoms with E-state index in [1.807, 2.05) is 12.4 Å². The lowest BCUT2D eigenvalue weighted by Gasteiger charge is -2.36. The number of hydrogen-bond donors (Lipinski definition) is 1. The van der Waals surface area contributed by atoms with Gasteiger partial charge in [-0.1, -0.05) is 0 Å². The van der Waals surface area contributed by atoms with Crippen LogP contribution < -0.4 is 5.32 Å². The second-order valence-electron chi connectivity index (χ2n) is 7.72. The van der Waals surface area contributed by atoms with Gasteiger partial charge in [0.2, 0.25) is 0 Å². The van der Waals surface area contributed by atoms with Crippen molar-refractivity contribution in [3.8, 4) is 0 Å². The Morgan fingerprint density at radius 1 is 1.13 bits per heavy atom. The van der Waals surface area contributed by atoms with Gasteiger partial charge in [0.25, 0.3) is 5.91 Å². The molecule has 7 heteroatoms. The highest BCUT2D eigenvalue weighted by Gasteiger charge is 2.33. The van der Waals surface area contributed by atoms with Crippen LogP contribution in [-0.4, -0.2) is 42.1 Å². The van der Waals surface area contributed by atoms with Crippen LogP contribution in [0.25, 0.3) is 0 Å². The molecule has 0 saturated carbocycles. The Hall–Kier alpha value is -2.48. The summed E-state index contributed by atoms with van der Waals surface area (Å²) in [7, 11) is 0. The van der Waals surface area contributed by atoms with Crippen molar-refractivity contribution in [2.45, 2.75) is 31.7 Å². The van der Waals surface area contributed by atoms with Crippen LogP contribution in [0.15, 0.2) is 47.3 Å². The summed E-state index contributed by atoms with van der Waals surface area (Å²) in [6.07, 6.45) is 9.76. The quantitative estimate of drug-likeness (QED) is 0.663. The molecule has 0 unspecified atom stereocenters. The van der Waals surface area contributed by atoms with Crippen molar-refractivity contribution in [3.63, 3.8) is 0 Å². The maximum absolute atomic E-state index is 12.8. The van der Waals surface area contributed by atoms with E-state index < -0.39 is 0 Å². The number of morpholine rings is 1. The normalized spacial score (nSPS) is 18.0. The molecule has 1 fully saturated rings. The van der Waals surface area contributed by atoms with Gasteiger partial charge in [0.05, 0.1) is 25.5 Å². The van der Waals surface area contributed by atoms with Crippen LogP contribution in [0.4, 0.5) is 5.00 Å². The van der Waals surface area contributed by atoms with Crippen LogP contribution in [0.5, 0.6) is 0 Å². The zero-order valence-corrected chi connectivity index (χ0v) is 17.6. The van der Waals surface area contributed by atoms with E-state index >= 15 is 0 Å². The van der Waals surface area contributed by atoms with E-state index in [2.05, 4.69) is 27.3 Å². The topological polar surface area (TPSA) is 67.6 Å². The fourth-order valence-corrected chi connectivity index (χ4v) is 5.80. The minimum atomic E-state index is -0.199. The highest BCUT2D eigenvalue weighted by molar-refractivity contribution is 7.16. The molecule has 156 valence electrons. The highest BCUT2D eigenvalue weighted by atomic mass is 32.1. The van der Waals surface area contributed by atoms with Crippen molar-refractivity contribution < 1.29 is 13.9 Å². The number of carbonyl (C=O) groups excluding carboxylic acids is 1. The summed E-state index contributed by atoms with van der Waals surface area (Å²) in [5.41, 5.74) is 3.85. The SMILES string of the molecule is O=C(Nc1sc2c(c1[C@H](c1ccncc1)N1CCOCC1)CCCC2)c1ccco1. The molecule has 1 aliphatic carbocycles. The number of nitrogens with zero attached hydrogens (tertiary/aromatic N) is 2. The zero-order chi connectivity index (χ0) is 20.3. The summed E-state index contributed by atoms with van der Waals surface area (Å²) in [5.74, 6) is 0.134. The summed E-state index contributed by atoms with van der Waals surface area (Å²) in [5, 5.41) is 4.11. The standard InChI is InChI=1S/C23H25N3O3S/c27-22(18-5-3-13-29-18)25-23-20(17-4-1-2-6-19(17)30-23)21(16-7-9-24-10-8-16)26-11-14-28-15-12-26/h3,5,7-10,13,21H,1-2,4,6,11-12,14-15H2,(H,25,27)/t21-/m0/s1. The van der Waals surface area contributed by atoms with E-state index in [0.717, 1.165) is 44.1 Å². The summed E-state index contributed by atoms with van der Waals surface area (Å²) >= 11 is 1.73. The fraction of sp³-hybridized carbons (Fsp3) is 0.391. The predicted octanol–water partition coefficient (Wildman–Crippen LogP) is 4.29. The minimum Gasteiger partial charge on any atom is -0.459 e. The van der Waals surface area contributed by atoms with Gasteiger partial charge in [-0.3, -0.25) is 14.7 Å². The molecule has 0 radical (unpaired) electrons. The average Bonchev–Trinajstić information content (AvgIpc) is 3.45. The number of carbonyl (C=O) groups is 1. The minimum absolute atomic E-state index is 0.0712. The van der Waals surface area contributed by atoms with Gasteiger partial charge >= 0.3 is 0 Å². The summed E-state index contributed by atoms with van der Waals surface area (Å²) in [6.45, 7) is 3.18. The van der Waals surface area contributed by atoms with Crippen molar-refractivity contribution in [1.29, 1.82) is 0 Å². The van der Waals surface area contributed by atoms with Gasteiger partial charge in [-0.05, 0) is 61.1 Å². The lowest BCUT2D eigenvalue weighted by Crippen LogP contribution is -2.40. The Morgan fingerprint density at radius 3 is 2.70 bits per heavy atom. The molecule has 0 aromatic carbocycles. The number of nitrogens with one attached hydrogen (secondary N) is 1. The number of aryl methyl sites for hydroxylation is 1. The third-order valence-electron chi connectivity index (χ3n) is 5.89. The number of ether oxygens (including phenoxy) is 1. The van der Waals surface area contributed by atoms with Crippen molar-refractivity contribution >= 4 is 22.2 Å². The van der Waals surface area contributed by atoms with Crippen LogP contribution in [0.1, 0.15) is 51.0 Å².